The number of aromatic nitrogens is 1. The first-order chi connectivity index (χ1) is 12.3. The maximum absolute atomic E-state index is 12.9. The van der Waals surface area contributed by atoms with E-state index >= 15 is 0 Å². The van der Waals surface area contributed by atoms with E-state index in [9.17, 15) is 4.79 Å². The number of hydrogen-bond donors (Lipinski definition) is 0. The quantitative estimate of drug-likeness (QED) is 0.722. The summed E-state index contributed by atoms with van der Waals surface area (Å²) in [6.07, 6.45) is 8.85. The van der Waals surface area contributed by atoms with Gasteiger partial charge in [-0.2, -0.15) is 0 Å². The Balaban J connectivity index is 1.46. The normalized spacial score (nSPS) is 15.8. The molecule has 0 spiro atoms. The van der Waals surface area contributed by atoms with Gasteiger partial charge in [0.1, 0.15) is 23.6 Å². The number of carbonyl (C=O) groups is 1. The Morgan fingerprint density at radius 1 is 1.24 bits per heavy atom. The van der Waals surface area contributed by atoms with Gasteiger partial charge in [-0.15, -0.1) is 0 Å². The summed E-state index contributed by atoms with van der Waals surface area (Å²) in [5.74, 6) is 0.755. The van der Waals surface area contributed by atoms with Gasteiger partial charge in [-0.3, -0.25) is 9.78 Å². The number of benzene rings is 1. The Labute approximate surface area is 145 Å². The number of amides is 1. The van der Waals surface area contributed by atoms with E-state index in [2.05, 4.69) is 17.1 Å². The highest BCUT2D eigenvalue weighted by atomic mass is 16.5. The molecule has 5 rings (SSSR count). The number of ether oxygens (including phenoxy) is 1. The second kappa shape index (κ2) is 5.62. The molecule has 1 aliphatic heterocycles. The van der Waals surface area contributed by atoms with E-state index in [0.717, 1.165) is 35.1 Å². The third-order valence-corrected chi connectivity index (χ3v) is 5.14. The van der Waals surface area contributed by atoms with Crippen LogP contribution in [0.5, 0.6) is 5.75 Å². The average molecular weight is 334 g/mol. The van der Waals surface area contributed by atoms with Crippen molar-refractivity contribution in [3.63, 3.8) is 0 Å². The summed E-state index contributed by atoms with van der Waals surface area (Å²) < 4.78 is 11.3. The lowest BCUT2D eigenvalue weighted by Crippen LogP contribution is -2.38. The molecule has 5 nitrogen and oxygen atoms in total. The number of aryl methyl sites for hydroxylation is 2. The lowest BCUT2D eigenvalue weighted by molar-refractivity contribution is -0.118. The average Bonchev–Trinajstić information content (AvgIpc) is 3.26. The summed E-state index contributed by atoms with van der Waals surface area (Å²) in [4.78, 5) is 18.8. The fraction of sp³-hybridized carbons (Fsp3) is 0.300. The molecule has 0 N–H and O–H groups in total. The van der Waals surface area contributed by atoms with E-state index in [1.165, 1.54) is 17.5 Å². The van der Waals surface area contributed by atoms with Crippen molar-refractivity contribution < 1.29 is 13.9 Å². The molecule has 0 radical (unpaired) electrons. The molecular formula is C20H18N2O3. The Hall–Kier alpha value is -2.82. The molecule has 5 heteroatoms. The van der Waals surface area contributed by atoms with Gasteiger partial charge in [0.05, 0.1) is 25.4 Å². The predicted octanol–water partition coefficient (Wildman–Crippen LogP) is 3.28. The van der Waals surface area contributed by atoms with Gasteiger partial charge in [-0.05, 0) is 42.5 Å². The monoisotopic (exact) mass is 334 g/mol. The first-order valence-corrected chi connectivity index (χ1v) is 8.68. The number of hydrogen-bond acceptors (Lipinski definition) is 4. The fourth-order valence-corrected chi connectivity index (χ4v) is 3.87. The third-order valence-electron chi connectivity index (χ3n) is 5.14. The van der Waals surface area contributed by atoms with E-state index < -0.39 is 0 Å². The van der Waals surface area contributed by atoms with Gasteiger partial charge in [0.15, 0.2) is 0 Å². The van der Waals surface area contributed by atoms with E-state index in [-0.39, 0.29) is 5.91 Å². The minimum Gasteiger partial charge on any atom is -0.489 e. The molecule has 1 aliphatic carbocycles. The predicted molar refractivity (Wildman–Crippen MR) is 94.0 cm³/mol. The highest BCUT2D eigenvalue weighted by Crippen LogP contribution is 2.33. The molecule has 0 unspecified atom stereocenters. The van der Waals surface area contributed by atoms with Crippen LogP contribution in [0, 0.1) is 0 Å². The number of furan rings is 1. The minimum atomic E-state index is 0.0424. The highest BCUT2D eigenvalue weighted by Gasteiger charge is 2.25. The second-order valence-corrected chi connectivity index (χ2v) is 6.65. The van der Waals surface area contributed by atoms with Crippen LogP contribution in [0.25, 0.3) is 11.0 Å². The fourth-order valence-electron chi connectivity index (χ4n) is 3.87. The summed E-state index contributed by atoms with van der Waals surface area (Å²) in [6.45, 7) is 1.05. The molecule has 2 aromatic heterocycles. The maximum atomic E-state index is 12.9. The first-order valence-electron chi connectivity index (χ1n) is 8.68. The van der Waals surface area contributed by atoms with Crippen LogP contribution in [0.15, 0.2) is 41.3 Å². The molecule has 0 saturated heterocycles. The topological polar surface area (TPSA) is 55.6 Å². The van der Waals surface area contributed by atoms with Crippen molar-refractivity contribution in [3.8, 4) is 5.75 Å². The standard InChI is InChI=1S/C20H18N2O3/c23-20(22-6-7-24-18-4-5-21-11-17(18)22)10-15-12-25-19-9-14-3-1-2-13(14)8-16(15)19/h4-5,8-9,11-12H,1-3,6-7,10H2. The van der Waals surface area contributed by atoms with Crippen LogP contribution < -0.4 is 9.64 Å². The van der Waals surface area contributed by atoms with Gasteiger partial charge in [0.25, 0.3) is 0 Å². The summed E-state index contributed by atoms with van der Waals surface area (Å²) in [7, 11) is 0. The minimum absolute atomic E-state index is 0.0424. The van der Waals surface area contributed by atoms with Gasteiger partial charge < -0.3 is 14.1 Å². The number of fused-ring (bicyclic) bond motifs is 3. The third kappa shape index (κ3) is 2.38. The molecule has 0 fully saturated rings. The number of rotatable bonds is 2. The molecule has 25 heavy (non-hydrogen) atoms. The van der Waals surface area contributed by atoms with E-state index in [1.54, 1.807) is 29.6 Å². The Bertz CT molecular complexity index is 976. The summed E-state index contributed by atoms with van der Waals surface area (Å²) in [5, 5.41) is 1.06. The number of nitrogens with zero attached hydrogens (tertiary/aromatic N) is 2. The van der Waals surface area contributed by atoms with E-state index in [0.29, 0.717) is 25.3 Å². The van der Waals surface area contributed by atoms with Crippen LogP contribution >= 0.6 is 0 Å². The lowest BCUT2D eigenvalue weighted by atomic mass is 10.0. The molecular weight excluding hydrogens is 316 g/mol. The number of carbonyl (C=O) groups excluding carboxylic acids is 1. The van der Waals surface area contributed by atoms with Crippen molar-refractivity contribution in [2.45, 2.75) is 25.7 Å². The van der Waals surface area contributed by atoms with Crippen LogP contribution in [-0.4, -0.2) is 24.0 Å². The molecule has 3 aromatic rings. The molecule has 0 bridgehead atoms. The molecule has 0 atom stereocenters. The second-order valence-electron chi connectivity index (χ2n) is 6.65. The number of pyridine rings is 1. The lowest BCUT2D eigenvalue weighted by Gasteiger charge is -2.29. The maximum Gasteiger partial charge on any atom is 0.231 e. The summed E-state index contributed by atoms with van der Waals surface area (Å²) in [5.41, 5.74) is 5.35. The van der Waals surface area contributed by atoms with Crippen molar-refractivity contribution in [1.82, 2.24) is 4.98 Å². The molecule has 0 saturated carbocycles. The number of anilines is 1. The van der Waals surface area contributed by atoms with E-state index in [4.69, 9.17) is 9.15 Å². The van der Waals surface area contributed by atoms with Crippen molar-refractivity contribution in [1.29, 1.82) is 0 Å². The van der Waals surface area contributed by atoms with Crippen molar-refractivity contribution in [2.75, 3.05) is 18.1 Å². The van der Waals surface area contributed by atoms with Gasteiger partial charge in [-0.25, -0.2) is 0 Å². The zero-order chi connectivity index (χ0) is 16.8. The van der Waals surface area contributed by atoms with Crippen molar-refractivity contribution >= 4 is 22.6 Å². The molecule has 126 valence electrons. The van der Waals surface area contributed by atoms with Crippen LogP contribution in [0.4, 0.5) is 5.69 Å². The van der Waals surface area contributed by atoms with Gasteiger partial charge in [0, 0.05) is 23.2 Å². The van der Waals surface area contributed by atoms with Crippen LogP contribution in [0.1, 0.15) is 23.1 Å². The Kier molecular flexibility index (Phi) is 3.26. The van der Waals surface area contributed by atoms with Crippen LogP contribution in [-0.2, 0) is 24.1 Å². The molecule has 1 amide bonds. The molecule has 3 heterocycles. The first kappa shape index (κ1) is 14.5. The zero-order valence-electron chi connectivity index (χ0n) is 13.8. The van der Waals surface area contributed by atoms with E-state index in [1.807, 2.05) is 0 Å². The Morgan fingerprint density at radius 2 is 2.12 bits per heavy atom. The van der Waals surface area contributed by atoms with Crippen LogP contribution in [0.3, 0.4) is 0 Å². The van der Waals surface area contributed by atoms with Gasteiger partial charge >= 0.3 is 0 Å². The van der Waals surface area contributed by atoms with Gasteiger partial charge in [-0.1, -0.05) is 0 Å². The summed E-state index contributed by atoms with van der Waals surface area (Å²) >= 11 is 0. The van der Waals surface area contributed by atoms with Crippen molar-refractivity contribution in [3.05, 3.63) is 53.5 Å². The van der Waals surface area contributed by atoms with Gasteiger partial charge in [0.2, 0.25) is 5.91 Å². The Morgan fingerprint density at radius 3 is 3.04 bits per heavy atom. The highest BCUT2D eigenvalue weighted by molar-refractivity contribution is 5.98. The smallest absolute Gasteiger partial charge is 0.231 e. The SMILES string of the molecule is O=C(Cc1coc2cc3c(cc12)CCC3)N1CCOc2ccncc21. The van der Waals surface area contributed by atoms with Crippen LogP contribution in [0.2, 0.25) is 0 Å². The largest absolute Gasteiger partial charge is 0.489 e. The zero-order valence-corrected chi connectivity index (χ0v) is 13.8. The molecule has 1 aromatic carbocycles. The van der Waals surface area contributed by atoms with Crippen molar-refractivity contribution in [2.24, 2.45) is 0 Å². The molecule has 2 aliphatic rings. The summed E-state index contributed by atoms with van der Waals surface area (Å²) in [6, 6.07) is 6.14.